The van der Waals surface area contributed by atoms with Crippen LogP contribution < -0.4 is 5.32 Å². The average Bonchev–Trinajstić information content (AvgIpc) is 3.29. The first kappa shape index (κ1) is 23.3. The van der Waals surface area contributed by atoms with E-state index in [9.17, 15) is 14.4 Å². The number of unbranched alkanes of at least 4 members (excludes halogenated alkanes) is 2. The van der Waals surface area contributed by atoms with Crippen LogP contribution in [0, 0.1) is 11.8 Å². The first-order valence-electron chi connectivity index (χ1n) is 11.0. The summed E-state index contributed by atoms with van der Waals surface area (Å²) in [7, 11) is 0. The van der Waals surface area contributed by atoms with Gasteiger partial charge in [-0.1, -0.05) is 38.0 Å². The Morgan fingerprint density at radius 3 is 2.48 bits per heavy atom. The molecule has 29 heavy (non-hydrogen) atoms. The molecule has 2 heterocycles. The standard InChI is InChI=1S/C23H35NO5/c1-2-3-6-9-17(25)12-15-22(26)24-16-19-18(20-13-14-21(19)29-20)10-7-4-5-8-11-23(27)28/h4,7-8,11,18-21H,2-3,5-6,9-10,12-16H2,1H3,(H,24,26)(H,27,28)/b7-4-,11-8+/t18-,19+,20-,21+/m1/s1. The summed E-state index contributed by atoms with van der Waals surface area (Å²) in [6.45, 7) is 2.71. The fourth-order valence-electron chi connectivity index (χ4n) is 4.35. The minimum atomic E-state index is -0.932. The van der Waals surface area contributed by atoms with Crippen molar-refractivity contribution in [3.8, 4) is 0 Å². The number of carbonyl (C=O) groups is 3. The lowest BCUT2D eigenvalue weighted by molar-refractivity contribution is -0.131. The SMILES string of the molecule is CCCCCC(=O)CCC(=O)NC[C@H]1[C@@H](C/C=C\C/C=C/C(=O)O)[C@H]2CC[C@@H]1O2. The highest BCUT2D eigenvalue weighted by atomic mass is 16.5. The maximum Gasteiger partial charge on any atom is 0.327 e. The van der Waals surface area contributed by atoms with Gasteiger partial charge in [0.25, 0.3) is 0 Å². The average molecular weight is 406 g/mol. The number of nitrogens with one attached hydrogen (secondary N) is 1. The molecule has 0 aromatic heterocycles. The number of carboxylic acids is 1. The Balaban J connectivity index is 1.70. The lowest BCUT2D eigenvalue weighted by atomic mass is 9.77. The molecule has 4 atom stereocenters. The van der Waals surface area contributed by atoms with Gasteiger partial charge in [-0.15, -0.1) is 0 Å². The molecule has 0 aromatic carbocycles. The Morgan fingerprint density at radius 2 is 1.76 bits per heavy atom. The Morgan fingerprint density at radius 1 is 1.00 bits per heavy atom. The zero-order valence-corrected chi connectivity index (χ0v) is 17.5. The lowest BCUT2D eigenvalue weighted by Crippen LogP contribution is -2.38. The second-order valence-corrected chi connectivity index (χ2v) is 8.10. The molecule has 0 aromatic rings. The number of fused-ring (bicyclic) bond motifs is 2. The van der Waals surface area contributed by atoms with Crippen molar-refractivity contribution in [2.75, 3.05) is 6.54 Å². The third kappa shape index (κ3) is 8.13. The van der Waals surface area contributed by atoms with Gasteiger partial charge in [0.15, 0.2) is 0 Å². The highest BCUT2D eigenvalue weighted by Gasteiger charge is 2.47. The van der Waals surface area contributed by atoms with Crippen LogP contribution in [0.4, 0.5) is 0 Å². The highest BCUT2D eigenvalue weighted by molar-refractivity contribution is 5.84. The number of hydrogen-bond acceptors (Lipinski definition) is 4. The predicted octanol–water partition coefficient (Wildman–Crippen LogP) is 3.80. The van der Waals surface area contributed by atoms with Gasteiger partial charge in [0.05, 0.1) is 12.2 Å². The van der Waals surface area contributed by atoms with E-state index in [1.165, 1.54) is 0 Å². The van der Waals surface area contributed by atoms with Crippen LogP contribution in [0.1, 0.15) is 71.1 Å². The van der Waals surface area contributed by atoms with Crippen molar-refractivity contribution in [1.29, 1.82) is 0 Å². The number of aliphatic carboxylic acids is 1. The van der Waals surface area contributed by atoms with Crippen LogP contribution >= 0.6 is 0 Å². The predicted molar refractivity (Wildman–Crippen MR) is 111 cm³/mol. The van der Waals surface area contributed by atoms with E-state index in [0.29, 0.717) is 37.6 Å². The number of rotatable bonds is 14. The zero-order valence-electron chi connectivity index (χ0n) is 17.5. The maximum absolute atomic E-state index is 12.2. The molecule has 0 spiro atoms. The summed E-state index contributed by atoms with van der Waals surface area (Å²) in [4.78, 5) is 34.4. The maximum atomic E-state index is 12.2. The Kier molecular flexibility index (Phi) is 10.1. The van der Waals surface area contributed by atoms with Crippen LogP contribution in [-0.4, -0.2) is 41.5 Å². The summed E-state index contributed by atoms with van der Waals surface area (Å²) in [5, 5.41) is 11.6. The Bertz CT molecular complexity index is 612. The van der Waals surface area contributed by atoms with Crippen molar-refractivity contribution >= 4 is 17.7 Å². The second kappa shape index (κ2) is 12.6. The molecule has 2 saturated heterocycles. The number of hydrogen-bond donors (Lipinski definition) is 2. The molecule has 6 nitrogen and oxygen atoms in total. The molecule has 2 aliphatic heterocycles. The molecule has 2 bridgehead atoms. The molecular weight excluding hydrogens is 370 g/mol. The van der Waals surface area contributed by atoms with Gasteiger partial charge in [-0.05, 0) is 38.0 Å². The van der Waals surface area contributed by atoms with E-state index in [2.05, 4.69) is 18.3 Å². The van der Waals surface area contributed by atoms with Crippen LogP contribution in [0.5, 0.6) is 0 Å². The third-order valence-corrected chi connectivity index (χ3v) is 5.92. The highest BCUT2D eigenvalue weighted by Crippen LogP contribution is 2.44. The lowest BCUT2D eigenvalue weighted by Gasteiger charge is -2.27. The van der Waals surface area contributed by atoms with Crippen LogP contribution in [-0.2, 0) is 19.1 Å². The van der Waals surface area contributed by atoms with Crippen molar-refractivity contribution < 1.29 is 24.2 Å². The van der Waals surface area contributed by atoms with E-state index in [0.717, 1.165) is 44.6 Å². The Labute approximate surface area is 173 Å². The fraction of sp³-hybridized carbons (Fsp3) is 0.696. The van der Waals surface area contributed by atoms with Crippen molar-refractivity contribution in [1.82, 2.24) is 5.32 Å². The minimum absolute atomic E-state index is 0.0512. The van der Waals surface area contributed by atoms with Crippen LogP contribution in [0.3, 0.4) is 0 Å². The molecule has 1 amide bonds. The van der Waals surface area contributed by atoms with E-state index in [1.807, 2.05) is 6.08 Å². The van der Waals surface area contributed by atoms with E-state index in [1.54, 1.807) is 6.08 Å². The summed E-state index contributed by atoms with van der Waals surface area (Å²) in [6.07, 6.45) is 15.1. The quantitative estimate of drug-likeness (QED) is 0.260. The molecule has 0 aliphatic carbocycles. The Hall–Kier alpha value is -1.95. The number of carboxylic acid groups (broad SMARTS) is 1. The third-order valence-electron chi connectivity index (χ3n) is 5.92. The van der Waals surface area contributed by atoms with Crippen molar-refractivity contribution in [2.24, 2.45) is 11.8 Å². The molecule has 6 heteroatoms. The normalized spacial score (nSPS) is 25.8. The van der Waals surface area contributed by atoms with Crippen molar-refractivity contribution in [2.45, 2.75) is 83.3 Å². The number of ketones is 1. The molecule has 2 aliphatic rings. The summed E-state index contributed by atoms with van der Waals surface area (Å²) < 4.78 is 6.06. The zero-order chi connectivity index (χ0) is 21.1. The minimum Gasteiger partial charge on any atom is -0.478 e. The molecule has 162 valence electrons. The van der Waals surface area contributed by atoms with Gasteiger partial charge in [-0.3, -0.25) is 9.59 Å². The van der Waals surface area contributed by atoms with Crippen molar-refractivity contribution in [3.63, 3.8) is 0 Å². The van der Waals surface area contributed by atoms with Crippen LogP contribution in [0.2, 0.25) is 0 Å². The van der Waals surface area contributed by atoms with Gasteiger partial charge in [0.2, 0.25) is 5.91 Å². The first-order chi connectivity index (χ1) is 14.0. The summed E-state index contributed by atoms with van der Waals surface area (Å²) in [6, 6.07) is 0. The fourth-order valence-corrected chi connectivity index (χ4v) is 4.35. The monoisotopic (exact) mass is 405 g/mol. The van der Waals surface area contributed by atoms with Gasteiger partial charge < -0.3 is 15.2 Å². The van der Waals surface area contributed by atoms with E-state index in [4.69, 9.17) is 9.84 Å². The topological polar surface area (TPSA) is 92.7 Å². The smallest absolute Gasteiger partial charge is 0.327 e. The van der Waals surface area contributed by atoms with Gasteiger partial charge in [0.1, 0.15) is 5.78 Å². The van der Waals surface area contributed by atoms with Crippen LogP contribution in [0.25, 0.3) is 0 Å². The number of amides is 1. The molecule has 0 radical (unpaired) electrons. The summed E-state index contributed by atoms with van der Waals surface area (Å²) in [5.74, 6) is -0.124. The summed E-state index contributed by atoms with van der Waals surface area (Å²) in [5.41, 5.74) is 0. The largest absolute Gasteiger partial charge is 0.478 e. The van der Waals surface area contributed by atoms with Gasteiger partial charge in [-0.25, -0.2) is 4.79 Å². The molecule has 0 unspecified atom stereocenters. The first-order valence-corrected chi connectivity index (χ1v) is 11.0. The molecule has 2 rings (SSSR count). The molecule has 2 N–H and O–H groups in total. The van der Waals surface area contributed by atoms with Crippen molar-refractivity contribution in [3.05, 3.63) is 24.3 Å². The second-order valence-electron chi connectivity index (χ2n) is 8.10. The molecular formula is C23H35NO5. The number of carbonyl (C=O) groups excluding carboxylic acids is 2. The van der Waals surface area contributed by atoms with Gasteiger partial charge in [0, 0.05) is 37.8 Å². The van der Waals surface area contributed by atoms with E-state index < -0.39 is 5.97 Å². The number of ether oxygens (including phenoxy) is 1. The van der Waals surface area contributed by atoms with Gasteiger partial charge in [-0.2, -0.15) is 0 Å². The molecule has 0 saturated carbocycles. The van der Waals surface area contributed by atoms with E-state index >= 15 is 0 Å². The van der Waals surface area contributed by atoms with Crippen LogP contribution in [0.15, 0.2) is 24.3 Å². The summed E-state index contributed by atoms with van der Waals surface area (Å²) >= 11 is 0. The molecule has 2 fully saturated rings. The number of Topliss-reactive ketones (excluding diaryl/α,β-unsaturated/α-hetero) is 1. The van der Waals surface area contributed by atoms with Gasteiger partial charge >= 0.3 is 5.97 Å². The van der Waals surface area contributed by atoms with E-state index in [-0.39, 0.29) is 30.3 Å². The number of allylic oxidation sites excluding steroid dienone is 3.